The van der Waals surface area contributed by atoms with E-state index in [9.17, 15) is 13.2 Å². The number of carbonyl (C=O) groups excluding carboxylic acids is 1. The number of methoxy groups -OCH3 is 2. The summed E-state index contributed by atoms with van der Waals surface area (Å²) in [4.78, 5) is 12.2. The Morgan fingerprint density at radius 3 is 2.40 bits per heavy atom. The van der Waals surface area contributed by atoms with Gasteiger partial charge in [-0.3, -0.25) is 0 Å². The lowest BCUT2D eigenvalue weighted by molar-refractivity contribution is 0.0596. The maximum absolute atomic E-state index is 13.1. The molecule has 2 fully saturated rings. The van der Waals surface area contributed by atoms with Gasteiger partial charge in [-0.2, -0.15) is 4.31 Å². The Labute approximate surface area is 156 Å². The number of sulfonamides is 1. The third-order valence-electron chi connectivity index (χ3n) is 5.08. The normalized spacial score (nSPS) is 23.5. The first kappa shape index (κ1) is 18.7. The van der Waals surface area contributed by atoms with Gasteiger partial charge >= 0.3 is 5.97 Å². The number of hydrogen-bond donors (Lipinski definition) is 0. The molecule has 0 radical (unpaired) electrons. The molecule has 25 heavy (non-hydrogen) atoms. The van der Waals surface area contributed by atoms with Gasteiger partial charge in [0, 0.05) is 12.1 Å². The third-order valence-corrected chi connectivity index (χ3v) is 7.62. The highest BCUT2D eigenvalue weighted by atomic mass is 79.9. The van der Waals surface area contributed by atoms with Crippen LogP contribution in [0.25, 0.3) is 0 Å². The van der Waals surface area contributed by atoms with Gasteiger partial charge in [0.2, 0.25) is 10.0 Å². The fourth-order valence-corrected chi connectivity index (χ4v) is 6.64. The molecule has 138 valence electrons. The van der Waals surface area contributed by atoms with Gasteiger partial charge in [-0.1, -0.05) is 12.5 Å². The molecule has 0 saturated carbocycles. The second-order valence-electron chi connectivity index (χ2n) is 6.51. The van der Waals surface area contributed by atoms with Gasteiger partial charge in [-0.15, -0.1) is 0 Å². The standard InChI is InChI=1S/C17H22BrNO5S/c1-23-16-14(18)9-6-11(15(16)17(20)24-2)10-25(21,22)19-12-4-3-5-13(19)8-7-12/h6,9,12-13H,3-5,7-8,10H2,1-2H3. The van der Waals surface area contributed by atoms with Crippen molar-refractivity contribution in [3.63, 3.8) is 0 Å². The molecular formula is C17H22BrNO5S. The van der Waals surface area contributed by atoms with Crippen molar-refractivity contribution in [1.82, 2.24) is 4.31 Å². The lowest BCUT2D eigenvalue weighted by Gasteiger charge is -2.33. The molecule has 2 unspecified atom stereocenters. The molecule has 8 heteroatoms. The molecule has 6 nitrogen and oxygen atoms in total. The molecule has 0 amide bonds. The molecule has 2 aliphatic rings. The van der Waals surface area contributed by atoms with E-state index in [2.05, 4.69) is 15.9 Å². The number of fused-ring (bicyclic) bond motifs is 2. The minimum Gasteiger partial charge on any atom is -0.495 e. The number of benzene rings is 1. The van der Waals surface area contributed by atoms with Crippen LogP contribution in [0, 0.1) is 0 Å². The highest BCUT2D eigenvalue weighted by Crippen LogP contribution is 2.39. The molecule has 2 heterocycles. The highest BCUT2D eigenvalue weighted by Gasteiger charge is 2.43. The molecular weight excluding hydrogens is 410 g/mol. The Kier molecular flexibility index (Phi) is 5.41. The fraction of sp³-hybridized carbons (Fsp3) is 0.588. The topological polar surface area (TPSA) is 72.9 Å². The van der Waals surface area contributed by atoms with Gasteiger partial charge in [0.05, 0.1) is 24.4 Å². The predicted octanol–water partition coefficient (Wildman–Crippen LogP) is 3.09. The molecule has 0 aliphatic carbocycles. The lowest BCUT2D eigenvalue weighted by atomic mass is 10.1. The van der Waals surface area contributed by atoms with Crippen molar-refractivity contribution in [2.45, 2.75) is 49.9 Å². The van der Waals surface area contributed by atoms with Crippen LogP contribution in [0.3, 0.4) is 0 Å². The molecule has 1 aromatic carbocycles. The van der Waals surface area contributed by atoms with Crippen LogP contribution in [-0.2, 0) is 20.5 Å². The zero-order chi connectivity index (χ0) is 18.2. The monoisotopic (exact) mass is 431 g/mol. The smallest absolute Gasteiger partial charge is 0.342 e. The number of piperidine rings is 1. The number of esters is 1. The first-order valence-electron chi connectivity index (χ1n) is 8.34. The Morgan fingerprint density at radius 2 is 1.84 bits per heavy atom. The summed E-state index contributed by atoms with van der Waals surface area (Å²) >= 11 is 3.33. The minimum absolute atomic E-state index is 0.0997. The van der Waals surface area contributed by atoms with E-state index in [0.29, 0.717) is 15.8 Å². The average Bonchev–Trinajstić information content (AvgIpc) is 2.86. The Hall–Kier alpha value is -1.12. The van der Waals surface area contributed by atoms with E-state index >= 15 is 0 Å². The third kappa shape index (κ3) is 3.44. The summed E-state index contributed by atoms with van der Waals surface area (Å²) in [6.45, 7) is 0. The van der Waals surface area contributed by atoms with Gasteiger partial charge in [-0.05, 0) is 53.2 Å². The van der Waals surface area contributed by atoms with Crippen molar-refractivity contribution in [3.05, 3.63) is 27.7 Å². The number of hydrogen-bond acceptors (Lipinski definition) is 5. The molecule has 2 atom stereocenters. The summed E-state index contributed by atoms with van der Waals surface area (Å²) in [6.07, 6.45) is 4.78. The second-order valence-corrected chi connectivity index (χ2v) is 9.24. The predicted molar refractivity (Wildman–Crippen MR) is 97.2 cm³/mol. The molecule has 0 aromatic heterocycles. The van der Waals surface area contributed by atoms with Crippen molar-refractivity contribution in [3.8, 4) is 5.75 Å². The first-order valence-corrected chi connectivity index (χ1v) is 10.7. The lowest BCUT2D eigenvalue weighted by Crippen LogP contribution is -2.44. The van der Waals surface area contributed by atoms with Crippen molar-refractivity contribution < 1.29 is 22.7 Å². The van der Waals surface area contributed by atoms with Crippen LogP contribution >= 0.6 is 15.9 Å². The van der Waals surface area contributed by atoms with Crippen molar-refractivity contribution in [2.24, 2.45) is 0 Å². The first-order chi connectivity index (χ1) is 11.9. The van der Waals surface area contributed by atoms with Gasteiger partial charge in [0.25, 0.3) is 0 Å². The summed E-state index contributed by atoms with van der Waals surface area (Å²) < 4.78 is 38.6. The average molecular weight is 432 g/mol. The van der Waals surface area contributed by atoms with Crippen LogP contribution in [-0.4, -0.2) is 45.0 Å². The largest absolute Gasteiger partial charge is 0.495 e. The van der Waals surface area contributed by atoms with E-state index in [1.54, 1.807) is 16.4 Å². The molecule has 1 aromatic rings. The van der Waals surface area contributed by atoms with E-state index < -0.39 is 16.0 Å². The summed E-state index contributed by atoms with van der Waals surface area (Å²) in [5.74, 6) is -0.542. The van der Waals surface area contributed by atoms with E-state index in [1.165, 1.54) is 14.2 Å². The highest BCUT2D eigenvalue weighted by molar-refractivity contribution is 9.10. The van der Waals surface area contributed by atoms with Crippen molar-refractivity contribution in [2.75, 3.05) is 14.2 Å². The van der Waals surface area contributed by atoms with Crippen LogP contribution in [0.2, 0.25) is 0 Å². The van der Waals surface area contributed by atoms with E-state index in [4.69, 9.17) is 9.47 Å². The molecule has 2 aliphatic heterocycles. The zero-order valence-corrected chi connectivity index (χ0v) is 16.7. The molecule has 3 rings (SSSR count). The van der Waals surface area contributed by atoms with Crippen molar-refractivity contribution >= 4 is 31.9 Å². The van der Waals surface area contributed by atoms with Crippen LogP contribution in [0.4, 0.5) is 0 Å². The van der Waals surface area contributed by atoms with E-state index in [-0.39, 0.29) is 23.4 Å². The summed E-state index contributed by atoms with van der Waals surface area (Å²) in [5.41, 5.74) is 0.559. The summed E-state index contributed by atoms with van der Waals surface area (Å²) in [7, 11) is -0.810. The zero-order valence-electron chi connectivity index (χ0n) is 14.3. The quantitative estimate of drug-likeness (QED) is 0.669. The number of rotatable bonds is 5. The van der Waals surface area contributed by atoms with E-state index in [1.807, 2.05) is 0 Å². The van der Waals surface area contributed by atoms with Crippen LogP contribution in [0.5, 0.6) is 5.75 Å². The number of carbonyl (C=O) groups is 1. The molecule has 0 spiro atoms. The number of nitrogens with zero attached hydrogens (tertiary/aromatic N) is 1. The second kappa shape index (κ2) is 7.25. The Balaban J connectivity index is 1.98. The summed E-state index contributed by atoms with van der Waals surface area (Å²) in [6, 6.07) is 3.54. The van der Waals surface area contributed by atoms with Gasteiger partial charge < -0.3 is 9.47 Å². The van der Waals surface area contributed by atoms with Crippen molar-refractivity contribution in [1.29, 1.82) is 0 Å². The Morgan fingerprint density at radius 1 is 1.20 bits per heavy atom. The SMILES string of the molecule is COC(=O)c1c(CS(=O)(=O)N2C3CCCC2CC3)ccc(Br)c1OC. The minimum atomic E-state index is -3.52. The maximum atomic E-state index is 13.1. The van der Waals surface area contributed by atoms with Crippen LogP contribution in [0.1, 0.15) is 48.0 Å². The number of ether oxygens (including phenoxy) is 2. The maximum Gasteiger partial charge on any atom is 0.342 e. The van der Waals surface area contributed by atoms with Gasteiger partial charge in [-0.25, -0.2) is 13.2 Å². The van der Waals surface area contributed by atoms with Crippen LogP contribution < -0.4 is 4.74 Å². The van der Waals surface area contributed by atoms with E-state index in [0.717, 1.165) is 32.1 Å². The van der Waals surface area contributed by atoms with Gasteiger partial charge in [0.15, 0.2) is 0 Å². The number of halogens is 1. The molecule has 2 bridgehead atoms. The summed E-state index contributed by atoms with van der Waals surface area (Å²) in [5, 5.41) is 0. The molecule has 2 saturated heterocycles. The molecule has 0 N–H and O–H groups in total. The fourth-order valence-electron chi connectivity index (χ4n) is 4.04. The van der Waals surface area contributed by atoms with Gasteiger partial charge in [0.1, 0.15) is 11.3 Å². The van der Waals surface area contributed by atoms with Crippen LogP contribution in [0.15, 0.2) is 16.6 Å². The Bertz CT molecular complexity index is 763.